The minimum Gasteiger partial charge on any atom is -0.467 e. The maximum Gasteiger partial charge on any atom is 0.220 e. The molecule has 1 aliphatic rings. The van der Waals surface area contributed by atoms with Crippen LogP contribution in [0.1, 0.15) is 17.5 Å². The Kier molecular flexibility index (Phi) is 6.93. The van der Waals surface area contributed by atoms with Crippen molar-refractivity contribution in [3.63, 3.8) is 0 Å². The second-order valence-electron chi connectivity index (χ2n) is 5.79. The second-order valence-corrected chi connectivity index (χ2v) is 7.78. The van der Waals surface area contributed by atoms with Crippen LogP contribution in [0.4, 0.5) is 4.39 Å². The number of halogens is 2. The van der Waals surface area contributed by atoms with Gasteiger partial charge in [-0.05, 0) is 52.2 Å². The summed E-state index contributed by atoms with van der Waals surface area (Å²) in [4.78, 5) is 13.1. The van der Waals surface area contributed by atoms with E-state index in [0.717, 1.165) is 14.9 Å². The lowest BCUT2D eigenvalue weighted by atomic mass is 10.1. The Bertz CT molecular complexity index is 787. The molecular formula is C19H19BrFNO3S. The third kappa shape index (κ3) is 5.22. The summed E-state index contributed by atoms with van der Waals surface area (Å²) < 4.78 is 25.4. The molecule has 4 nitrogen and oxygen atoms in total. The molecule has 0 radical (unpaired) electrons. The molecule has 0 aliphatic carbocycles. The highest BCUT2D eigenvalue weighted by Gasteiger charge is 2.16. The van der Waals surface area contributed by atoms with Crippen LogP contribution in [0, 0.1) is 5.82 Å². The predicted molar refractivity (Wildman–Crippen MR) is 103 cm³/mol. The van der Waals surface area contributed by atoms with Gasteiger partial charge in [0.1, 0.15) is 11.6 Å². The first-order valence-corrected chi connectivity index (χ1v) is 10.1. The van der Waals surface area contributed by atoms with Crippen LogP contribution in [0.25, 0.3) is 0 Å². The van der Waals surface area contributed by atoms with Crippen molar-refractivity contribution in [1.29, 1.82) is 0 Å². The molecule has 0 bridgehead atoms. The minimum atomic E-state index is -0.316. The van der Waals surface area contributed by atoms with Gasteiger partial charge in [-0.3, -0.25) is 4.79 Å². The van der Waals surface area contributed by atoms with Crippen LogP contribution in [-0.2, 0) is 22.6 Å². The molecule has 7 heteroatoms. The van der Waals surface area contributed by atoms with Crippen LogP contribution in [0.2, 0.25) is 0 Å². The van der Waals surface area contributed by atoms with Crippen molar-refractivity contribution in [3.05, 3.63) is 57.8 Å². The monoisotopic (exact) mass is 439 g/mol. The first-order valence-electron chi connectivity index (χ1n) is 8.29. The van der Waals surface area contributed by atoms with Gasteiger partial charge in [-0.15, -0.1) is 11.8 Å². The van der Waals surface area contributed by atoms with Gasteiger partial charge < -0.3 is 14.8 Å². The molecule has 26 heavy (non-hydrogen) atoms. The summed E-state index contributed by atoms with van der Waals surface area (Å²) in [6.45, 7) is 0.960. The number of rotatable bonds is 7. The zero-order valence-corrected chi connectivity index (χ0v) is 16.5. The van der Waals surface area contributed by atoms with Gasteiger partial charge in [0.25, 0.3) is 0 Å². The number of carbonyl (C=O) groups excluding carboxylic acids is 1. The van der Waals surface area contributed by atoms with E-state index in [-0.39, 0.29) is 18.5 Å². The summed E-state index contributed by atoms with van der Waals surface area (Å²) in [5.74, 6) is 1.05. The smallest absolute Gasteiger partial charge is 0.220 e. The summed E-state index contributed by atoms with van der Waals surface area (Å²) in [6, 6.07) is 10.8. The zero-order valence-electron chi connectivity index (χ0n) is 14.1. The molecule has 0 aromatic heterocycles. The number of hydrogen-bond acceptors (Lipinski definition) is 4. The third-order valence-electron chi connectivity index (χ3n) is 3.89. The van der Waals surface area contributed by atoms with Crippen LogP contribution < -0.4 is 10.1 Å². The maximum atomic E-state index is 13.7. The van der Waals surface area contributed by atoms with E-state index in [1.165, 1.54) is 12.1 Å². The van der Waals surface area contributed by atoms with E-state index in [9.17, 15) is 9.18 Å². The quantitative estimate of drug-likeness (QED) is 0.653. The standard InChI is InChI=1S/C19H19BrFNO3S/c20-16-3-1-2-4-17(16)26-8-6-18(23)22-7-5-13-9-15(21)10-14-11-24-12-25-19(13)14/h1-4,9-10H,5-8,11-12H2,(H,22,23). The van der Waals surface area contributed by atoms with E-state index in [4.69, 9.17) is 9.47 Å². The van der Waals surface area contributed by atoms with E-state index in [0.29, 0.717) is 43.1 Å². The topological polar surface area (TPSA) is 47.6 Å². The van der Waals surface area contributed by atoms with Crippen LogP contribution >= 0.6 is 27.7 Å². The summed E-state index contributed by atoms with van der Waals surface area (Å²) in [7, 11) is 0. The number of thioether (sulfide) groups is 1. The van der Waals surface area contributed by atoms with E-state index in [2.05, 4.69) is 21.2 Å². The van der Waals surface area contributed by atoms with Crippen molar-refractivity contribution in [2.45, 2.75) is 24.3 Å². The molecule has 0 fully saturated rings. The van der Waals surface area contributed by atoms with Crippen molar-refractivity contribution in [1.82, 2.24) is 5.32 Å². The van der Waals surface area contributed by atoms with Crippen LogP contribution in [0.5, 0.6) is 5.75 Å². The van der Waals surface area contributed by atoms with Gasteiger partial charge in [-0.2, -0.15) is 0 Å². The van der Waals surface area contributed by atoms with Gasteiger partial charge in [0, 0.05) is 33.7 Å². The molecule has 0 unspecified atom stereocenters. The second kappa shape index (κ2) is 9.39. The van der Waals surface area contributed by atoms with Gasteiger partial charge in [0.15, 0.2) is 6.79 Å². The summed E-state index contributed by atoms with van der Waals surface area (Å²) in [5.41, 5.74) is 1.47. The molecule has 0 saturated carbocycles. The number of carbonyl (C=O) groups is 1. The number of ether oxygens (including phenoxy) is 2. The molecule has 0 saturated heterocycles. The van der Waals surface area contributed by atoms with Gasteiger partial charge in [-0.1, -0.05) is 12.1 Å². The van der Waals surface area contributed by atoms with Crippen LogP contribution in [-0.4, -0.2) is 25.0 Å². The number of benzene rings is 2. The zero-order chi connectivity index (χ0) is 18.4. The van der Waals surface area contributed by atoms with E-state index < -0.39 is 0 Å². The van der Waals surface area contributed by atoms with Crippen molar-refractivity contribution in [3.8, 4) is 5.75 Å². The highest BCUT2D eigenvalue weighted by molar-refractivity contribution is 9.10. The molecule has 1 heterocycles. The molecule has 3 rings (SSSR count). The summed E-state index contributed by atoms with van der Waals surface area (Å²) >= 11 is 5.13. The molecule has 0 atom stereocenters. The molecule has 1 aliphatic heterocycles. The van der Waals surface area contributed by atoms with Crippen LogP contribution in [0.3, 0.4) is 0 Å². The molecule has 138 valence electrons. The van der Waals surface area contributed by atoms with Gasteiger partial charge in [0.2, 0.25) is 5.91 Å². The van der Waals surface area contributed by atoms with Gasteiger partial charge >= 0.3 is 0 Å². The number of fused-ring (bicyclic) bond motifs is 1. The first kappa shape index (κ1) is 19.2. The number of hydrogen-bond donors (Lipinski definition) is 1. The Morgan fingerprint density at radius 1 is 1.31 bits per heavy atom. The molecular weight excluding hydrogens is 421 g/mol. The Morgan fingerprint density at radius 2 is 2.15 bits per heavy atom. The molecule has 2 aromatic rings. The molecule has 1 N–H and O–H groups in total. The maximum absolute atomic E-state index is 13.7. The molecule has 2 aromatic carbocycles. The highest BCUT2D eigenvalue weighted by atomic mass is 79.9. The fourth-order valence-corrected chi connectivity index (χ4v) is 4.20. The van der Waals surface area contributed by atoms with Crippen molar-refractivity contribution in [2.75, 3.05) is 19.1 Å². The third-order valence-corrected chi connectivity index (χ3v) is 5.92. The lowest BCUT2D eigenvalue weighted by Gasteiger charge is -2.21. The molecule has 0 spiro atoms. The SMILES string of the molecule is O=C(CCSc1ccccc1Br)NCCc1cc(F)cc2c1OCOC2. The summed E-state index contributed by atoms with van der Waals surface area (Å²) in [5, 5.41) is 2.89. The van der Waals surface area contributed by atoms with E-state index >= 15 is 0 Å². The fourth-order valence-electron chi connectivity index (χ4n) is 2.68. The van der Waals surface area contributed by atoms with E-state index in [1.807, 2.05) is 24.3 Å². The Hall–Kier alpha value is -1.57. The first-order chi connectivity index (χ1) is 12.6. The van der Waals surface area contributed by atoms with Crippen LogP contribution in [0.15, 0.2) is 45.8 Å². The van der Waals surface area contributed by atoms with Gasteiger partial charge in [0.05, 0.1) is 6.61 Å². The Balaban J connectivity index is 1.44. The average Bonchev–Trinajstić information content (AvgIpc) is 2.63. The van der Waals surface area contributed by atoms with Gasteiger partial charge in [-0.25, -0.2) is 4.39 Å². The Morgan fingerprint density at radius 3 is 3.00 bits per heavy atom. The normalized spacial score (nSPS) is 13.0. The van der Waals surface area contributed by atoms with Crippen molar-refractivity contribution < 1.29 is 18.7 Å². The average molecular weight is 440 g/mol. The fraction of sp³-hybridized carbons (Fsp3) is 0.316. The largest absolute Gasteiger partial charge is 0.467 e. The predicted octanol–water partition coefficient (Wildman–Crippen LogP) is 4.30. The molecule has 1 amide bonds. The highest BCUT2D eigenvalue weighted by Crippen LogP contribution is 2.30. The lowest BCUT2D eigenvalue weighted by Crippen LogP contribution is -2.26. The number of nitrogens with one attached hydrogen (secondary N) is 1. The lowest BCUT2D eigenvalue weighted by molar-refractivity contribution is -0.120. The van der Waals surface area contributed by atoms with Crippen molar-refractivity contribution in [2.24, 2.45) is 0 Å². The Labute approximate surface area is 164 Å². The van der Waals surface area contributed by atoms with E-state index in [1.54, 1.807) is 11.8 Å². The summed E-state index contributed by atoms with van der Waals surface area (Å²) in [6.07, 6.45) is 0.945. The van der Waals surface area contributed by atoms with Crippen molar-refractivity contribution >= 4 is 33.6 Å². The number of amides is 1. The minimum absolute atomic E-state index is 0.0147.